The molecule has 0 amide bonds. The molecule has 24 heavy (non-hydrogen) atoms. The number of ether oxygens (including phenoxy) is 1. The molecule has 126 valence electrons. The number of hydrogen-bond donors (Lipinski definition) is 1. The minimum atomic E-state index is -2.28. The molecule has 2 atom stereocenters. The fraction of sp³-hybridized carbons (Fsp3) is 0.350. The highest BCUT2D eigenvalue weighted by atomic mass is 19.1. The summed E-state index contributed by atoms with van der Waals surface area (Å²) in [6.45, 7) is 1.58. The normalized spacial score (nSPS) is 17.8. The molecular weight excluding hydrogens is 307 g/mol. The molecule has 0 radical (unpaired) electrons. The van der Waals surface area contributed by atoms with Gasteiger partial charge in [0, 0.05) is 5.92 Å². The lowest BCUT2D eigenvalue weighted by molar-refractivity contribution is -0.151. The Morgan fingerprint density at radius 3 is 2.58 bits per heavy atom. The van der Waals surface area contributed by atoms with Crippen molar-refractivity contribution in [2.45, 2.75) is 38.0 Å². The van der Waals surface area contributed by atoms with E-state index < -0.39 is 17.6 Å². The number of carboxylic acids is 1. The van der Waals surface area contributed by atoms with E-state index >= 15 is 0 Å². The molecule has 0 saturated heterocycles. The summed E-state index contributed by atoms with van der Waals surface area (Å²) in [6, 6.07) is 16.9. The zero-order valence-electron chi connectivity index (χ0n) is 13.6. The van der Waals surface area contributed by atoms with Gasteiger partial charge in [0.1, 0.15) is 12.4 Å². The second-order valence-corrected chi connectivity index (χ2v) is 6.54. The number of hydrogen-bond acceptors (Lipinski definition) is 2. The first-order valence-corrected chi connectivity index (χ1v) is 8.17. The number of halogens is 1. The standard InChI is InChI=1S/C20H21FO3/c1-20(21,19(22)23)18(15-10-11-15)16-8-5-9-17(12-16)24-13-14-6-3-2-4-7-14/h2-9,12,15,18H,10-11,13H2,1H3,(H,22,23). The lowest BCUT2D eigenvalue weighted by Gasteiger charge is -2.27. The number of carboxylic acid groups (broad SMARTS) is 1. The summed E-state index contributed by atoms with van der Waals surface area (Å²) in [5, 5.41) is 9.26. The summed E-state index contributed by atoms with van der Waals surface area (Å²) in [6.07, 6.45) is 1.74. The third kappa shape index (κ3) is 3.58. The van der Waals surface area contributed by atoms with Gasteiger partial charge in [0.25, 0.3) is 0 Å². The van der Waals surface area contributed by atoms with E-state index in [9.17, 15) is 14.3 Å². The first-order chi connectivity index (χ1) is 11.5. The SMILES string of the molecule is CC(F)(C(=O)O)C(c1cccc(OCc2ccccc2)c1)C1CC1. The molecule has 0 heterocycles. The fourth-order valence-electron chi connectivity index (χ4n) is 3.13. The molecule has 0 bridgehead atoms. The molecule has 0 spiro atoms. The molecule has 0 aromatic heterocycles. The van der Waals surface area contributed by atoms with Gasteiger partial charge in [-0.1, -0.05) is 42.5 Å². The Kier molecular flexibility index (Phi) is 4.56. The summed E-state index contributed by atoms with van der Waals surface area (Å²) in [4.78, 5) is 11.4. The van der Waals surface area contributed by atoms with Crippen LogP contribution >= 0.6 is 0 Å². The van der Waals surface area contributed by atoms with Crippen molar-refractivity contribution in [2.24, 2.45) is 5.92 Å². The van der Waals surface area contributed by atoms with Crippen LogP contribution in [0.15, 0.2) is 54.6 Å². The molecule has 3 nitrogen and oxygen atoms in total. The maximum absolute atomic E-state index is 14.8. The molecule has 1 aliphatic rings. The van der Waals surface area contributed by atoms with Gasteiger partial charge in [0.15, 0.2) is 0 Å². The molecule has 2 aromatic carbocycles. The molecule has 1 N–H and O–H groups in total. The molecular formula is C20H21FO3. The molecule has 2 unspecified atom stereocenters. The van der Waals surface area contributed by atoms with E-state index in [-0.39, 0.29) is 5.92 Å². The van der Waals surface area contributed by atoms with Crippen LogP contribution in [0.2, 0.25) is 0 Å². The monoisotopic (exact) mass is 328 g/mol. The molecule has 2 aromatic rings. The van der Waals surface area contributed by atoms with Crippen molar-refractivity contribution in [3.8, 4) is 5.75 Å². The van der Waals surface area contributed by atoms with E-state index in [2.05, 4.69) is 0 Å². The summed E-state index contributed by atoms with van der Waals surface area (Å²) >= 11 is 0. The van der Waals surface area contributed by atoms with Crippen LogP contribution in [0.4, 0.5) is 4.39 Å². The predicted molar refractivity (Wildman–Crippen MR) is 89.8 cm³/mol. The van der Waals surface area contributed by atoms with E-state index in [1.165, 1.54) is 0 Å². The Morgan fingerprint density at radius 2 is 1.96 bits per heavy atom. The van der Waals surface area contributed by atoms with Gasteiger partial charge in [0.05, 0.1) is 0 Å². The molecule has 1 saturated carbocycles. The molecule has 1 fully saturated rings. The van der Waals surface area contributed by atoms with Gasteiger partial charge < -0.3 is 9.84 Å². The topological polar surface area (TPSA) is 46.5 Å². The molecule has 4 heteroatoms. The van der Waals surface area contributed by atoms with Crippen LogP contribution in [0.3, 0.4) is 0 Å². The highest BCUT2D eigenvalue weighted by Crippen LogP contribution is 2.50. The summed E-state index contributed by atoms with van der Waals surface area (Å²) in [5.41, 5.74) is -0.544. The first kappa shape index (κ1) is 16.5. The highest BCUT2D eigenvalue weighted by molar-refractivity contribution is 5.78. The van der Waals surface area contributed by atoms with Crippen molar-refractivity contribution in [3.05, 3.63) is 65.7 Å². The average Bonchev–Trinajstić information content (AvgIpc) is 3.39. The van der Waals surface area contributed by atoms with Crippen molar-refractivity contribution in [1.29, 1.82) is 0 Å². The Labute approximate surface area is 141 Å². The number of alkyl halides is 1. The van der Waals surface area contributed by atoms with Crippen molar-refractivity contribution >= 4 is 5.97 Å². The minimum absolute atomic E-state index is 0.0838. The number of rotatable bonds is 7. The van der Waals surface area contributed by atoms with Gasteiger partial charge in [0.2, 0.25) is 5.67 Å². The van der Waals surface area contributed by atoms with Gasteiger partial charge in [-0.15, -0.1) is 0 Å². The van der Waals surface area contributed by atoms with E-state index in [4.69, 9.17) is 4.74 Å². The maximum atomic E-state index is 14.8. The summed E-state index contributed by atoms with van der Waals surface area (Å²) < 4.78 is 20.6. The van der Waals surface area contributed by atoms with E-state index in [1.54, 1.807) is 18.2 Å². The summed E-state index contributed by atoms with van der Waals surface area (Å²) in [5.74, 6) is -1.34. The lowest BCUT2D eigenvalue weighted by Crippen LogP contribution is -2.38. The van der Waals surface area contributed by atoms with Crippen LogP contribution in [-0.2, 0) is 11.4 Å². The smallest absolute Gasteiger partial charge is 0.341 e. The van der Waals surface area contributed by atoms with Crippen LogP contribution in [0.25, 0.3) is 0 Å². The Bertz CT molecular complexity index is 708. The second-order valence-electron chi connectivity index (χ2n) is 6.54. The lowest BCUT2D eigenvalue weighted by atomic mass is 9.81. The van der Waals surface area contributed by atoms with Gasteiger partial charge in [-0.05, 0) is 48.9 Å². The Morgan fingerprint density at radius 1 is 1.25 bits per heavy atom. The van der Waals surface area contributed by atoms with Gasteiger partial charge in [-0.2, -0.15) is 0 Å². The number of benzene rings is 2. The van der Waals surface area contributed by atoms with Gasteiger partial charge in [-0.3, -0.25) is 0 Å². The van der Waals surface area contributed by atoms with E-state index in [1.807, 2.05) is 36.4 Å². The van der Waals surface area contributed by atoms with Crippen LogP contribution in [0, 0.1) is 5.92 Å². The van der Waals surface area contributed by atoms with Crippen molar-refractivity contribution < 1.29 is 19.0 Å². The van der Waals surface area contributed by atoms with Crippen molar-refractivity contribution in [2.75, 3.05) is 0 Å². The average molecular weight is 328 g/mol. The van der Waals surface area contributed by atoms with E-state index in [0.29, 0.717) is 17.9 Å². The Balaban J connectivity index is 1.79. The Hall–Kier alpha value is -2.36. The highest BCUT2D eigenvalue weighted by Gasteiger charge is 2.50. The number of aliphatic carboxylic acids is 1. The van der Waals surface area contributed by atoms with E-state index in [0.717, 1.165) is 25.3 Å². The van der Waals surface area contributed by atoms with Crippen LogP contribution in [-0.4, -0.2) is 16.7 Å². The summed E-state index contributed by atoms with van der Waals surface area (Å²) in [7, 11) is 0. The maximum Gasteiger partial charge on any atom is 0.341 e. The third-order valence-corrected chi connectivity index (χ3v) is 4.56. The first-order valence-electron chi connectivity index (χ1n) is 8.17. The van der Waals surface area contributed by atoms with Crippen LogP contribution < -0.4 is 4.74 Å². The fourth-order valence-corrected chi connectivity index (χ4v) is 3.13. The van der Waals surface area contributed by atoms with Crippen LogP contribution in [0.1, 0.15) is 36.8 Å². The zero-order valence-corrected chi connectivity index (χ0v) is 13.6. The van der Waals surface area contributed by atoms with Gasteiger partial charge in [-0.25, -0.2) is 9.18 Å². The van der Waals surface area contributed by atoms with Gasteiger partial charge >= 0.3 is 5.97 Å². The molecule has 3 rings (SSSR count). The quantitative estimate of drug-likeness (QED) is 0.810. The third-order valence-electron chi connectivity index (χ3n) is 4.56. The largest absolute Gasteiger partial charge is 0.489 e. The van der Waals surface area contributed by atoms with Crippen LogP contribution in [0.5, 0.6) is 5.75 Å². The molecule has 1 aliphatic carbocycles. The predicted octanol–water partition coefficient (Wildman–Crippen LogP) is 4.57. The minimum Gasteiger partial charge on any atom is -0.489 e. The van der Waals surface area contributed by atoms with Crippen molar-refractivity contribution in [3.63, 3.8) is 0 Å². The molecule has 0 aliphatic heterocycles. The number of carbonyl (C=O) groups is 1. The second kappa shape index (κ2) is 6.63. The van der Waals surface area contributed by atoms with Crippen molar-refractivity contribution in [1.82, 2.24) is 0 Å². The zero-order chi connectivity index (χ0) is 17.2.